The summed E-state index contributed by atoms with van der Waals surface area (Å²) in [5, 5.41) is 5.05. The van der Waals surface area contributed by atoms with E-state index in [1.165, 1.54) is 0 Å². The van der Waals surface area contributed by atoms with E-state index >= 15 is 0 Å². The maximum Gasteiger partial charge on any atom is 0.199 e. The predicted molar refractivity (Wildman–Crippen MR) is 76.5 cm³/mol. The Labute approximate surface area is 117 Å². The minimum atomic E-state index is 0.317. The van der Waals surface area contributed by atoms with Crippen molar-refractivity contribution in [3.8, 4) is 0 Å². The molecule has 2 aromatic rings. The number of furan rings is 1. The lowest BCUT2D eigenvalue weighted by Crippen LogP contribution is -2.36. The van der Waals surface area contributed by atoms with Crippen LogP contribution >= 0.6 is 11.6 Å². The average molecular weight is 280 g/mol. The summed E-state index contributed by atoms with van der Waals surface area (Å²) in [5.41, 5.74) is 1.87. The van der Waals surface area contributed by atoms with Crippen molar-refractivity contribution in [2.45, 2.75) is 38.5 Å². The van der Waals surface area contributed by atoms with Crippen LogP contribution in [0.15, 0.2) is 28.7 Å². The Morgan fingerprint density at radius 2 is 2.26 bits per heavy atom. The standard InChI is InChI=1S/C15H18ClNO2/c1-10(13-7-4-8-18-13)17-9-12-11-5-2-3-6-14(11)19-15(12)16/h2-3,5-6,10,13,17H,4,7-9H2,1H3. The van der Waals surface area contributed by atoms with E-state index in [-0.39, 0.29) is 0 Å². The molecule has 0 saturated carbocycles. The van der Waals surface area contributed by atoms with E-state index in [1.807, 2.05) is 24.3 Å². The molecule has 2 atom stereocenters. The third kappa shape index (κ3) is 2.64. The van der Waals surface area contributed by atoms with Crippen molar-refractivity contribution in [2.75, 3.05) is 6.61 Å². The number of nitrogens with one attached hydrogen (secondary N) is 1. The van der Waals surface area contributed by atoms with Crippen LogP contribution in [0.3, 0.4) is 0 Å². The molecule has 2 heterocycles. The second kappa shape index (κ2) is 5.53. The summed E-state index contributed by atoms with van der Waals surface area (Å²) in [7, 11) is 0. The lowest BCUT2D eigenvalue weighted by Gasteiger charge is -2.19. The van der Waals surface area contributed by atoms with Crippen molar-refractivity contribution >= 4 is 22.6 Å². The minimum Gasteiger partial charge on any atom is -0.444 e. The first kappa shape index (κ1) is 13.0. The highest BCUT2D eigenvalue weighted by molar-refractivity contribution is 6.30. The van der Waals surface area contributed by atoms with Gasteiger partial charge in [0.2, 0.25) is 0 Å². The molecule has 2 unspecified atom stereocenters. The van der Waals surface area contributed by atoms with E-state index in [9.17, 15) is 0 Å². The zero-order chi connectivity index (χ0) is 13.2. The van der Waals surface area contributed by atoms with Crippen molar-refractivity contribution in [3.63, 3.8) is 0 Å². The quantitative estimate of drug-likeness (QED) is 0.926. The maximum atomic E-state index is 6.17. The highest BCUT2D eigenvalue weighted by Crippen LogP contribution is 2.29. The largest absolute Gasteiger partial charge is 0.444 e. The van der Waals surface area contributed by atoms with E-state index in [1.54, 1.807) is 0 Å². The first-order valence-corrected chi connectivity index (χ1v) is 7.14. The third-order valence-electron chi connectivity index (χ3n) is 3.77. The van der Waals surface area contributed by atoms with Crippen LogP contribution < -0.4 is 5.32 Å². The van der Waals surface area contributed by atoms with Gasteiger partial charge in [0.25, 0.3) is 0 Å². The minimum absolute atomic E-state index is 0.317. The van der Waals surface area contributed by atoms with Gasteiger partial charge in [-0.25, -0.2) is 0 Å². The Kier molecular flexibility index (Phi) is 3.78. The molecule has 1 aromatic carbocycles. The zero-order valence-corrected chi connectivity index (χ0v) is 11.7. The van der Waals surface area contributed by atoms with Gasteiger partial charge < -0.3 is 14.5 Å². The van der Waals surface area contributed by atoms with Crippen molar-refractivity contribution in [3.05, 3.63) is 35.0 Å². The molecule has 1 saturated heterocycles. The molecule has 0 aliphatic carbocycles. The fourth-order valence-corrected chi connectivity index (χ4v) is 2.88. The molecule has 1 aliphatic heterocycles. The fourth-order valence-electron chi connectivity index (χ4n) is 2.63. The van der Waals surface area contributed by atoms with Gasteiger partial charge in [0, 0.05) is 30.1 Å². The van der Waals surface area contributed by atoms with Crippen LogP contribution in [0.5, 0.6) is 0 Å². The number of halogens is 1. The molecule has 1 N–H and O–H groups in total. The summed E-state index contributed by atoms with van der Waals surface area (Å²) < 4.78 is 11.2. The lowest BCUT2D eigenvalue weighted by atomic mass is 10.1. The van der Waals surface area contributed by atoms with E-state index in [2.05, 4.69) is 12.2 Å². The zero-order valence-electron chi connectivity index (χ0n) is 11.0. The second-order valence-electron chi connectivity index (χ2n) is 5.07. The topological polar surface area (TPSA) is 34.4 Å². The summed E-state index contributed by atoms with van der Waals surface area (Å²) in [6.45, 7) is 3.75. The summed E-state index contributed by atoms with van der Waals surface area (Å²) in [4.78, 5) is 0. The molecule has 1 aromatic heterocycles. The van der Waals surface area contributed by atoms with Crippen LogP contribution in [0.4, 0.5) is 0 Å². The molecule has 0 radical (unpaired) electrons. The Morgan fingerprint density at radius 3 is 3.05 bits per heavy atom. The molecule has 0 bridgehead atoms. The summed E-state index contributed by atoms with van der Waals surface area (Å²) >= 11 is 6.17. The highest BCUT2D eigenvalue weighted by atomic mass is 35.5. The van der Waals surface area contributed by atoms with Crippen molar-refractivity contribution in [2.24, 2.45) is 0 Å². The molecule has 0 amide bonds. The smallest absolute Gasteiger partial charge is 0.199 e. The Hall–Kier alpha value is -1.03. The van der Waals surface area contributed by atoms with Gasteiger partial charge >= 0.3 is 0 Å². The molecule has 1 aliphatic rings. The predicted octanol–water partition coefficient (Wildman–Crippen LogP) is 3.74. The van der Waals surface area contributed by atoms with E-state index in [4.69, 9.17) is 20.8 Å². The lowest BCUT2D eigenvalue weighted by molar-refractivity contribution is 0.0832. The van der Waals surface area contributed by atoms with Crippen LogP contribution in [0, 0.1) is 0 Å². The monoisotopic (exact) mass is 279 g/mol. The SMILES string of the molecule is CC(NCc1c(Cl)oc2ccccc12)C1CCCO1. The van der Waals surface area contributed by atoms with Gasteiger partial charge in [-0.2, -0.15) is 0 Å². The van der Waals surface area contributed by atoms with Gasteiger partial charge in [0.05, 0.1) is 6.10 Å². The van der Waals surface area contributed by atoms with Gasteiger partial charge in [0.1, 0.15) is 5.58 Å². The number of benzene rings is 1. The van der Waals surface area contributed by atoms with Crippen LogP contribution in [-0.4, -0.2) is 18.8 Å². The summed E-state index contributed by atoms with van der Waals surface area (Å²) in [5.74, 6) is 0. The molecule has 4 heteroatoms. The van der Waals surface area contributed by atoms with Gasteiger partial charge in [-0.3, -0.25) is 0 Å². The van der Waals surface area contributed by atoms with Gasteiger partial charge in [-0.1, -0.05) is 18.2 Å². The number of fused-ring (bicyclic) bond motifs is 1. The third-order valence-corrected chi connectivity index (χ3v) is 4.08. The van der Waals surface area contributed by atoms with E-state index in [0.29, 0.717) is 23.9 Å². The van der Waals surface area contributed by atoms with Crippen molar-refractivity contribution in [1.29, 1.82) is 0 Å². The van der Waals surface area contributed by atoms with Crippen molar-refractivity contribution in [1.82, 2.24) is 5.32 Å². The average Bonchev–Trinajstić information content (AvgIpc) is 3.03. The van der Waals surface area contributed by atoms with Gasteiger partial charge in [0.15, 0.2) is 5.22 Å². The highest BCUT2D eigenvalue weighted by Gasteiger charge is 2.22. The Bertz CT molecular complexity index is 560. The van der Waals surface area contributed by atoms with E-state index < -0.39 is 0 Å². The molecule has 1 fully saturated rings. The molecular formula is C15H18ClNO2. The first-order valence-electron chi connectivity index (χ1n) is 6.76. The molecule has 3 nitrogen and oxygen atoms in total. The summed E-state index contributed by atoms with van der Waals surface area (Å²) in [6, 6.07) is 8.26. The van der Waals surface area contributed by atoms with Crippen LogP contribution in [-0.2, 0) is 11.3 Å². The molecule has 0 spiro atoms. The Balaban J connectivity index is 1.72. The molecule has 102 valence electrons. The Morgan fingerprint density at radius 1 is 1.42 bits per heavy atom. The van der Waals surface area contributed by atoms with Gasteiger partial charge in [-0.15, -0.1) is 0 Å². The number of hydrogen-bond donors (Lipinski definition) is 1. The van der Waals surface area contributed by atoms with Gasteiger partial charge in [-0.05, 0) is 37.4 Å². The number of rotatable bonds is 4. The first-order chi connectivity index (χ1) is 9.25. The second-order valence-corrected chi connectivity index (χ2v) is 5.41. The number of para-hydroxylation sites is 1. The summed E-state index contributed by atoms with van der Waals surface area (Å²) in [6.07, 6.45) is 2.61. The number of hydrogen-bond acceptors (Lipinski definition) is 3. The van der Waals surface area contributed by atoms with Crippen LogP contribution in [0.25, 0.3) is 11.0 Å². The normalized spacial score (nSPS) is 21.1. The molecule has 19 heavy (non-hydrogen) atoms. The number of ether oxygens (including phenoxy) is 1. The maximum absolute atomic E-state index is 6.17. The van der Waals surface area contributed by atoms with Crippen LogP contribution in [0.2, 0.25) is 5.22 Å². The van der Waals surface area contributed by atoms with E-state index in [0.717, 1.165) is 36.0 Å². The molecular weight excluding hydrogens is 262 g/mol. The van der Waals surface area contributed by atoms with Crippen molar-refractivity contribution < 1.29 is 9.15 Å². The fraction of sp³-hybridized carbons (Fsp3) is 0.467. The van der Waals surface area contributed by atoms with Crippen LogP contribution in [0.1, 0.15) is 25.3 Å². The molecule has 3 rings (SSSR count).